The Morgan fingerprint density at radius 3 is 2.07 bits per heavy atom. The van der Waals surface area contributed by atoms with E-state index in [-0.39, 0.29) is 35.8 Å². The third-order valence-electron chi connectivity index (χ3n) is 5.16. The van der Waals surface area contributed by atoms with Crippen molar-refractivity contribution in [1.82, 2.24) is 14.5 Å². The fourth-order valence-electron chi connectivity index (χ4n) is 3.29. The Labute approximate surface area is 185 Å². The van der Waals surface area contributed by atoms with E-state index in [2.05, 4.69) is 21.2 Å². The van der Waals surface area contributed by atoms with Crippen molar-refractivity contribution in [2.24, 2.45) is 0 Å². The normalized spacial score (nSPS) is 16.2. The van der Waals surface area contributed by atoms with Crippen LogP contribution in [-0.2, 0) is 14.8 Å². The molecule has 3 rings (SSSR count). The van der Waals surface area contributed by atoms with Crippen LogP contribution in [0.25, 0.3) is 0 Å². The van der Waals surface area contributed by atoms with E-state index in [1.54, 1.807) is 4.90 Å². The fourth-order valence-corrected chi connectivity index (χ4v) is 4.97. The molecule has 1 fully saturated rings. The van der Waals surface area contributed by atoms with Crippen LogP contribution < -0.4 is 5.32 Å². The minimum Gasteiger partial charge on any atom is -0.346 e. The van der Waals surface area contributed by atoms with Gasteiger partial charge in [-0.05, 0) is 48.9 Å². The lowest BCUT2D eigenvalue weighted by atomic mass is 10.1. The highest BCUT2D eigenvalue weighted by molar-refractivity contribution is 9.10. The lowest BCUT2D eigenvalue weighted by molar-refractivity contribution is -0.129. The molecule has 2 aromatic rings. The molecule has 9 heteroatoms. The monoisotopic (exact) mass is 493 g/mol. The average Bonchev–Trinajstić information content (AvgIpc) is 2.74. The molecular weight excluding hydrogens is 470 g/mol. The van der Waals surface area contributed by atoms with Crippen molar-refractivity contribution in [3.8, 4) is 0 Å². The van der Waals surface area contributed by atoms with Gasteiger partial charge in [-0.25, -0.2) is 8.42 Å². The van der Waals surface area contributed by atoms with Gasteiger partial charge in [0, 0.05) is 43.1 Å². The summed E-state index contributed by atoms with van der Waals surface area (Å²) in [6, 6.07) is 13.4. The summed E-state index contributed by atoms with van der Waals surface area (Å²) >= 11 is 3.39. The van der Waals surface area contributed by atoms with E-state index >= 15 is 0 Å². The number of hydrogen-bond acceptors (Lipinski definition) is 4. The molecule has 0 aliphatic carbocycles. The summed E-state index contributed by atoms with van der Waals surface area (Å²) in [5.41, 5.74) is 1.36. The molecule has 1 saturated heterocycles. The summed E-state index contributed by atoms with van der Waals surface area (Å²) in [4.78, 5) is 25.7. The predicted octanol–water partition coefficient (Wildman–Crippen LogP) is 2.79. The maximum Gasteiger partial charge on any atom is 0.251 e. The molecule has 1 aliphatic rings. The van der Waals surface area contributed by atoms with Crippen LogP contribution in [0.2, 0.25) is 0 Å². The van der Waals surface area contributed by atoms with Gasteiger partial charge in [0.05, 0.1) is 10.9 Å². The van der Waals surface area contributed by atoms with Gasteiger partial charge in [0.2, 0.25) is 15.9 Å². The van der Waals surface area contributed by atoms with Crippen LogP contribution in [0.4, 0.5) is 0 Å². The maximum atomic E-state index is 12.9. The topological polar surface area (TPSA) is 86.8 Å². The van der Waals surface area contributed by atoms with Gasteiger partial charge in [-0.15, -0.1) is 0 Å². The molecule has 0 aromatic heterocycles. The number of piperazine rings is 1. The van der Waals surface area contributed by atoms with Crippen molar-refractivity contribution < 1.29 is 18.0 Å². The Bertz CT molecular complexity index is 1020. The van der Waals surface area contributed by atoms with Gasteiger partial charge < -0.3 is 10.2 Å². The molecule has 0 spiro atoms. The first-order valence-corrected chi connectivity index (χ1v) is 11.8. The lowest BCUT2D eigenvalue weighted by Gasteiger charge is -2.33. The number of benzene rings is 2. The number of carbonyl (C=O) groups is 2. The zero-order valence-corrected chi connectivity index (χ0v) is 19.2. The third kappa shape index (κ3) is 5.08. The largest absolute Gasteiger partial charge is 0.346 e. The first-order valence-electron chi connectivity index (χ1n) is 9.60. The van der Waals surface area contributed by atoms with Crippen LogP contribution in [0.3, 0.4) is 0 Å². The highest BCUT2D eigenvalue weighted by Gasteiger charge is 2.29. The average molecular weight is 494 g/mol. The summed E-state index contributed by atoms with van der Waals surface area (Å²) in [6.07, 6.45) is 0. The second-order valence-corrected chi connectivity index (χ2v) is 10.0. The number of sulfonamides is 1. The molecule has 1 N–H and O–H groups in total. The number of rotatable bonds is 5. The number of halogens is 1. The summed E-state index contributed by atoms with van der Waals surface area (Å²) in [7, 11) is -3.66. The standard InChI is InChI=1S/C21H24BrN3O4S/c1-15(17-3-7-19(22)8-4-17)23-21(27)18-5-9-20(10-6-18)30(28,29)25-13-11-24(12-14-25)16(2)26/h3-10,15H,11-14H2,1-2H3,(H,23,27)/t15-/m0/s1. The SMILES string of the molecule is CC(=O)N1CCN(S(=O)(=O)c2ccc(C(=O)N[C@@H](C)c3ccc(Br)cc3)cc2)CC1. The molecule has 2 amide bonds. The molecule has 7 nitrogen and oxygen atoms in total. The first-order chi connectivity index (χ1) is 14.2. The van der Waals surface area contributed by atoms with Gasteiger partial charge >= 0.3 is 0 Å². The van der Waals surface area contributed by atoms with Crippen molar-refractivity contribution in [1.29, 1.82) is 0 Å². The molecule has 2 aromatic carbocycles. The highest BCUT2D eigenvalue weighted by Crippen LogP contribution is 2.20. The van der Waals surface area contributed by atoms with Crippen LogP contribution >= 0.6 is 15.9 Å². The zero-order chi connectivity index (χ0) is 21.9. The first kappa shape index (κ1) is 22.5. The third-order valence-corrected chi connectivity index (χ3v) is 7.60. The Hall–Kier alpha value is -2.23. The van der Waals surface area contributed by atoms with Crippen LogP contribution in [0.15, 0.2) is 57.9 Å². The Morgan fingerprint density at radius 1 is 0.967 bits per heavy atom. The van der Waals surface area contributed by atoms with Crippen molar-refractivity contribution in [3.63, 3.8) is 0 Å². The van der Waals surface area contributed by atoms with E-state index in [1.165, 1.54) is 35.5 Å². The van der Waals surface area contributed by atoms with Gasteiger partial charge in [0.15, 0.2) is 0 Å². The van der Waals surface area contributed by atoms with Crippen molar-refractivity contribution in [2.75, 3.05) is 26.2 Å². The summed E-state index contributed by atoms with van der Waals surface area (Å²) < 4.78 is 28.0. The molecule has 1 atom stereocenters. The summed E-state index contributed by atoms with van der Waals surface area (Å²) in [5, 5.41) is 2.92. The van der Waals surface area contributed by atoms with Gasteiger partial charge in [0.1, 0.15) is 0 Å². The van der Waals surface area contributed by atoms with Gasteiger partial charge in [0.25, 0.3) is 5.91 Å². The van der Waals surface area contributed by atoms with Gasteiger partial charge in [-0.2, -0.15) is 4.31 Å². The van der Waals surface area contributed by atoms with Crippen LogP contribution in [0, 0.1) is 0 Å². The van der Waals surface area contributed by atoms with E-state index in [1.807, 2.05) is 31.2 Å². The van der Waals surface area contributed by atoms with E-state index in [4.69, 9.17) is 0 Å². The molecule has 1 aliphatic heterocycles. The zero-order valence-electron chi connectivity index (χ0n) is 16.8. The van der Waals surface area contributed by atoms with Crippen molar-refractivity contribution in [2.45, 2.75) is 24.8 Å². The fraction of sp³-hybridized carbons (Fsp3) is 0.333. The highest BCUT2D eigenvalue weighted by atomic mass is 79.9. The number of hydrogen-bond donors (Lipinski definition) is 1. The Morgan fingerprint density at radius 2 is 1.53 bits per heavy atom. The summed E-state index contributed by atoms with van der Waals surface area (Å²) in [6.45, 7) is 4.64. The van der Waals surface area contributed by atoms with Crippen molar-refractivity contribution >= 4 is 37.8 Å². The molecule has 0 saturated carbocycles. The molecule has 30 heavy (non-hydrogen) atoms. The van der Waals surface area contributed by atoms with Crippen molar-refractivity contribution in [3.05, 3.63) is 64.1 Å². The summed E-state index contributed by atoms with van der Waals surface area (Å²) in [5.74, 6) is -0.329. The maximum absolute atomic E-state index is 12.9. The van der Waals surface area contributed by atoms with Crippen LogP contribution in [0.5, 0.6) is 0 Å². The minimum absolute atomic E-state index is 0.0558. The van der Waals surface area contributed by atoms with E-state index in [0.29, 0.717) is 18.7 Å². The second-order valence-electron chi connectivity index (χ2n) is 7.18. The quantitative estimate of drug-likeness (QED) is 0.693. The van der Waals surface area contributed by atoms with Gasteiger partial charge in [-0.3, -0.25) is 9.59 Å². The molecule has 1 heterocycles. The predicted molar refractivity (Wildman–Crippen MR) is 117 cm³/mol. The number of amides is 2. The van der Waals surface area contributed by atoms with Crippen LogP contribution in [0.1, 0.15) is 35.8 Å². The lowest BCUT2D eigenvalue weighted by Crippen LogP contribution is -2.49. The minimum atomic E-state index is -3.66. The smallest absolute Gasteiger partial charge is 0.251 e. The molecule has 160 valence electrons. The van der Waals surface area contributed by atoms with E-state index in [0.717, 1.165) is 10.0 Å². The molecular formula is C21H24BrN3O4S. The van der Waals surface area contributed by atoms with E-state index in [9.17, 15) is 18.0 Å². The Balaban J connectivity index is 1.65. The number of nitrogens with one attached hydrogen (secondary N) is 1. The van der Waals surface area contributed by atoms with E-state index < -0.39 is 10.0 Å². The molecule has 0 radical (unpaired) electrons. The Kier molecular flexibility index (Phi) is 6.95. The number of nitrogens with zero attached hydrogens (tertiary/aromatic N) is 2. The second kappa shape index (κ2) is 9.28. The molecule has 0 unspecified atom stereocenters. The number of carbonyl (C=O) groups excluding carboxylic acids is 2. The van der Waals surface area contributed by atoms with Gasteiger partial charge in [-0.1, -0.05) is 28.1 Å². The molecule has 0 bridgehead atoms. The van der Waals surface area contributed by atoms with Crippen LogP contribution in [-0.4, -0.2) is 55.6 Å².